The zero-order chi connectivity index (χ0) is 19.5. The van der Waals surface area contributed by atoms with Crippen molar-refractivity contribution in [1.82, 2.24) is 9.29 Å². The van der Waals surface area contributed by atoms with Crippen molar-refractivity contribution < 1.29 is 13.2 Å². The van der Waals surface area contributed by atoms with Crippen molar-refractivity contribution in [1.29, 1.82) is 0 Å². The molecule has 2 aromatic rings. The van der Waals surface area contributed by atoms with Gasteiger partial charge in [-0.1, -0.05) is 41.0 Å². The molecule has 0 aliphatic rings. The average molecular weight is 434 g/mol. The van der Waals surface area contributed by atoms with E-state index in [1.54, 1.807) is 31.2 Å². The number of anilines is 1. The molecule has 0 aliphatic carbocycles. The van der Waals surface area contributed by atoms with Crippen LogP contribution < -0.4 is 5.32 Å². The van der Waals surface area contributed by atoms with Gasteiger partial charge in [-0.3, -0.25) is 4.79 Å². The van der Waals surface area contributed by atoms with E-state index in [-0.39, 0.29) is 15.8 Å². The molecule has 1 unspecified atom stereocenters. The first kappa shape index (κ1) is 21.0. The molecule has 0 spiro atoms. The van der Waals surface area contributed by atoms with Gasteiger partial charge in [0.05, 0.1) is 26.0 Å². The maximum absolute atomic E-state index is 12.3. The van der Waals surface area contributed by atoms with Crippen molar-refractivity contribution >= 4 is 56.6 Å². The second kappa shape index (κ2) is 8.58. The summed E-state index contributed by atoms with van der Waals surface area (Å²) in [5.41, 5.74) is 0.428. The zero-order valence-electron chi connectivity index (χ0n) is 14.2. The van der Waals surface area contributed by atoms with Crippen LogP contribution in [0.4, 0.5) is 5.69 Å². The molecule has 1 aromatic heterocycles. The van der Waals surface area contributed by atoms with Crippen molar-refractivity contribution in [2.45, 2.75) is 22.1 Å². The number of carbonyl (C=O) groups is 1. The summed E-state index contributed by atoms with van der Waals surface area (Å²) >= 11 is 13.2. The van der Waals surface area contributed by atoms with E-state index in [0.717, 1.165) is 4.31 Å². The molecule has 2 rings (SSSR count). The summed E-state index contributed by atoms with van der Waals surface area (Å²) in [6.07, 6.45) is 1.27. The Morgan fingerprint density at radius 1 is 1.23 bits per heavy atom. The normalized spacial score (nSPS) is 12.8. The Morgan fingerprint density at radius 2 is 1.92 bits per heavy atom. The molecule has 26 heavy (non-hydrogen) atoms. The Labute approximate surface area is 166 Å². The predicted molar refractivity (Wildman–Crippen MR) is 106 cm³/mol. The summed E-state index contributed by atoms with van der Waals surface area (Å²) in [6.45, 7) is 1.71. The Balaban J connectivity index is 2.06. The smallest absolute Gasteiger partial charge is 0.244 e. The molecule has 1 N–H and O–H groups in total. The SMILES string of the molecule is CC(Sc1ccc(S(=O)(=O)N(C)C)cn1)C(=O)Nc1cccc(Cl)c1Cl. The fourth-order valence-electron chi connectivity index (χ4n) is 1.87. The number of rotatable bonds is 6. The summed E-state index contributed by atoms with van der Waals surface area (Å²) in [5, 5.41) is 3.39. The van der Waals surface area contributed by atoms with Gasteiger partial charge in [-0.05, 0) is 31.2 Å². The fraction of sp³-hybridized carbons (Fsp3) is 0.250. The van der Waals surface area contributed by atoms with Crippen LogP contribution >= 0.6 is 35.0 Å². The van der Waals surface area contributed by atoms with Crippen LogP contribution in [0.2, 0.25) is 10.0 Å². The number of hydrogen-bond donors (Lipinski definition) is 1. The molecule has 0 bridgehead atoms. The Kier molecular flexibility index (Phi) is 6.92. The molecule has 1 aromatic carbocycles. The van der Waals surface area contributed by atoms with E-state index in [2.05, 4.69) is 10.3 Å². The lowest BCUT2D eigenvalue weighted by molar-refractivity contribution is -0.115. The van der Waals surface area contributed by atoms with E-state index in [9.17, 15) is 13.2 Å². The minimum atomic E-state index is -3.53. The number of sulfonamides is 1. The van der Waals surface area contributed by atoms with Crippen molar-refractivity contribution in [3.63, 3.8) is 0 Å². The van der Waals surface area contributed by atoms with Gasteiger partial charge in [-0.2, -0.15) is 0 Å². The van der Waals surface area contributed by atoms with Gasteiger partial charge in [0, 0.05) is 20.3 Å². The maximum Gasteiger partial charge on any atom is 0.244 e. The monoisotopic (exact) mass is 433 g/mol. The van der Waals surface area contributed by atoms with Crippen molar-refractivity contribution in [2.75, 3.05) is 19.4 Å². The molecule has 1 atom stereocenters. The summed E-state index contributed by atoms with van der Waals surface area (Å²) in [7, 11) is -0.633. The van der Waals surface area contributed by atoms with E-state index >= 15 is 0 Å². The molecule has 140 valence electrons. The van der Waals surface area contributed by atoms with Crippen LogP contribution in [0.5, 0.6) is 0 Å². The van der Waals surface area contributed by atoms with E-state index in [0.29, 0.717) is 15.7 Å². The zero-order valence-corrected chi connectivity index (χ0v) is 17.4. The highest BCUT2D eigenvalue weighted by Crippen LogP contribution is 2.30. The van der Waals surface area contributed by atoms with Crippen LogP contribution in [0, 0.1) is 0 Å². The minimum absolute atomic E-state index is 0.0923. The molecule has 6 nitrogen and oxygen atoms in total. The number of thioether (sulfide) groups is 1. The second-order valence-electron chi connectivity index (χ2n) is 5.47. The van der Waals surface area contributed by atoms with Crippen LogP contribution in [-0.4, -0.2) is 43.0 Å². The van der Waals surface area contributed by atoms with Gasteiger partial charge in [-0.25, -0.2) is 17.7 Å². The molecule has 0 radical (unpaired) electrons. The second-order valence-corrected chi connectivity index (χ2v) is 9.77. The number of hydrogen-bond acceptors (Lipinski definition) is 5. The third-order valence-corrected chi connectivity index (χ3v) is 7.03. The van der Waals surface area contributed by atoms with Crippen molar-refractivity contribution in [3.8, 4) is 0 Å². The predicted octanol–water partition coefficient (Wildman–Crippen LogP) is 3.76. The third-order valence-electron chi connectivity index (χ3n) is 3.36. The van der Waals surface area contributed by atoms with E-state index < -0.39 is 15.3 Å². The maximum atomic E-state index is 12.3. The number of nitrogens with zero attached hydrogens (tertiary/aromatic N) is 2. The molecule has 1 amide bonds. The number of pyridine rings is 1. The number of aromatic nitrogens is 1. The van der Waals surface area contributed by atoms with Gasteiger partial charge in [-0.15, -0.1) is 0 Å². The van der Waals surface area contributed by atoms with Crippen LogP contribution in [-0.2, 0) is 14.8 Å². The van der Waals surface area contributed by atoms with Crippen LogP contribution in [0.15, 0.2) is 46.5 Å². The first-order valence-electron chi connectivity index (χ1n) is 7.43. The number of carbonyl (C=O) groups excluding carboxylic acids is 1. The van der Waals surface area contributed by atoms with Crippen LogP contribution in [0.25, 0.3) is 0 Å². The number of benzene rings is 1. The fourth-order valence-corrected chi connectivity index (χ4v) is 3.85. The van der Waals surface area contributed by atoms with E-state index in [4.69, 9.17) is 23.2 Å². The van der Waals surface area contributed by atoms with E-state index in [1.165, 1.54) is 38.1 Å². The molecule has 0 saturated carbocycles. The Bertz CT molecular complexity index is 903. The molecule has 0 fully saturated rings. The number of amides is 1. The molecule has 0 aliphatic heterocycles. The van der Waals surface area contributed by atoms with Gasteiger partial charge < -0.3 is 5.32 Å². The summed E-state index contributed by atoms with van der Waals surface area (Å²) in [4.78, 5) is 16.5. The van der Waals surface area contributed by atoms with Gasteiger partial charge in [0.25, 0.3) is 0 Å². The quantitative estimate of drug-likeness (QED) is 0.701. The highest BCUT2D eigenvalue weighted by molar-refractivity contribution is 8.00. The minimum Gasteiger partial charge on any atom is -0.324 e. The van der Waals surface area contributed by atoms with Gasteiger partial charge >= 0.3 is 0 Å². The summed E-state index contributed by atoms with van der Waals surface area (Å²) in [6, 6.07) is 8.00. The molecule has 10 heteroatoms. The number of halogens is 2. The van der Waals surface area contributed by atoms with E-state index in [1.807, 2.05) is 0 Å². The third kappa shape index (κ3) is 4.89. The van der Waals surface area contributed by atoms with Gasteiger partial charge in [0.15, 0.2) is 0 Å². The first-order chi connectivity index (χ1) is 12.1. The number of nitrogens with one attached hydrogen (secondary N) is 1. The van der Waals surface area contributed by atoms with Crippen LogP contribution in [0.1, 0.15) is 6.92 Å². The summed E-state index contributed by atoms with van der Waals surface area (Å²) in [5.74, 6) is -0.272. The van der Waals surface area contributed by atoms with Crippen molar-refractivity contribution in [2.24, 2.45) is 0 Å². The molecular formula is C16H17Cl2N3O3S2. The van der Waals surface area contributed by atoms with Crippen molar-refractivity contribution in [3.05, 3.63) is 46.6 Å². The lowest BCUT2D eigenvalue weighted by Gasteiger charge is -2.14. The largest absolute Gasteiger partial charge is 0.324 e. The highest BCUT2D eigenvalue weighted by atomic mass is 35.5. The molecular weight excluding hydrogens is 417 g/mol. The average Bonchev–Trinajstić information content (AvgIpc) is 2.59. The molecule has 1 heterocycles. The topological polar surface area (TPSA) is 79.4 Å². The standard InChI is InChI=1S/C16H17Cl2N3O3S2/c1-10(16(22)20-13-6-4-5-12(17)15(13)18)25-14-8-7-11(9-19-14)26(23,24)21(2)3/h4-10H,1-3H3,(H,20,22). The molecule has 0 saturated heterocycles. The lowest BCUT2D eigenvalue weighted by Crippen LogP contribution is -2.23. The summed E-state index contributed by atoms with van der Waals surface area (Å²) < 4.78 is 25.2. The highest BCUT2D eigenvalue weighted by Gasteiger charge is 2.20. The first-order valence-corrected chi connectivity index (χ1v) is 10.5. The van der Waals surface area contributed by atoms with Gasteiger partial charge in [0.1, 0.15) is 4.90 Å². The van der Waals surface area contributed by atoms with Gasteiger partial charge in [0.2, 0.25) is 15.9 Å². The Morgan fingerprint density at radius 3 is 2.50 bits per heavy atom. The Hall–Kier alpha value is -1.32. The van der Waals surface area contributed by atoms with Crippen LogP contribution in [0.3, 0.4) is 0 Å². The lowest BCUT2D eigenvalue weighted by atomic mass is 10.3.